The minimum Gasteiger partial charge on any atom is -0.447 e. The van der Waals surface area contributed by atoms with Gasteiger partial charge in [0.2, 0.25) is 0 Å². The summed E-state index contributed by atoms with van der Waals surface area (Å²) < 4.78 is 7.36. The van der Waals surface area contributed by atoms with E-state index in [-0.39, 0.29) is 133 Å². The first-order chi connectivity index (χ1) is 31.0. The molecule has 3 aliphatic rings. The molecule has 71 heavy (non-hydrogen) atoms. The van der Waals surface area contributed by atoms with Gasteiger partial charge in [0.05, 0.1) is 0 Å². The van der Waals surface area contributed by atoms with E-state index in [0.717, 1.165) is 48.2 Å². The van der Waals surface area contributed by atoms with Gasteiger partial charge in [-0.3, -0.25) is 9.50 Å². The molecule has 3 radical (unpaired) electrons. The third-order valence-corrected chi connectivity index (χ3v) is 13.7. The Morgan fingerprint density at radius 2 is 0.859 bits per heavy atom. The molecule has 3 heterocycles. The van der Waals surface area contributed by atoms with Crippen LogP contribution in [-0.4, -0.2) is 26.3 Å². The van der Waals surface area contributed by atoms with Crippen LogP contribution in [0.25, 0.3) is 0 Å². The van der Waals surface area contributed by atoms with Crippen LogP contribution in [0.15, 0.2) is 87.8 Å². The Labute approximate surface area is 525 Å². The van der Waals surface area contributed by atoms with Crippen LogP contribution in [0.1, 0.15) is 146 Å². The first-order valence-electron chi connectivity index (χ1n) is 23.0. The van der Waals surface area contributed by atoms with Crippen LogP contribution in [0.5, 0.6) is 0 Å². The van der Waals surface area contributed by atoms with E-state index in [1.54, 1.807) is 0 Å². The van der Waals surface area contributed by atoms with Crippen LogP contribution in [0.3, 0.4) is 0 Å². The van der Waals surface area contributed by atoms with Gasteiger partial charge >= 0.3 is 0 Å². The summed E-state index contributed by atoms with van der Waals surface area (Å²) in [5, 5.41) is 0. The summed E-state index contributed by atoms with van der Waals surface area (Å²) in [5.74, 6) is 0. The first-order valence-corrected chi connectivity index (χ1v) is 24.6. The van der Waals surface area contributed by atoms with Gasteiger partial charge in [-0.05, 0) is 137 Å². The predicted molar refractivity (Wildman–Crippen MR) is 306 cm³/mol. The molecule has 5 nitrogen and oxygen atoms in total. The van der Waals surface area contributed by atoms with Crippen molar-refractivity contribution in [3.8, 4) is 0 Å². The largest absolute Gasteiger partial charge is 0.447 e. The molecule has 6 aromatic carbocycles. The topological polar surface area (TPSA) is 36.0 Å². The number of aryl methyl sites for hydroxylation is 1. The zero-order valence-corrected chi connectivity index (χ0v) is 54.6. The summed E-state index contributed by atoms with van der Waals surface area (Å²) in [6.07, 6.45) is 2.92. The third-order valence-electron chi connectivity index (χ3n) is 12.1. The van der Waals surface area contributed by atoms with Crippen molar-refractivity contribution in [3.05, 3.63) is 173 Å². The minimum absolute atomic E-state index is 0. The Morgan fingerprint density at radius 3 is 1.23 bits per heavy atom. The minimum atomic E-state index is 0. The molecule has 0 saturated heterocycles. The second kappa shape index (κ2) is 37.2. The maximum atomic E-state index is 10.6. The van der Waals surface area contributed by atoms with E-state index in [0.29, 0.717) is 6.47 Å². The number of carbonyl (C=O) groups is 1. The number of anilines is 6. The van der Waals surface area contributed by atoms with Gasteiger partial charge in [-0.25, -0.2) is 0 Å². The van der Waals surface area contributed by atoms with Gasteiger partial charge in [-0.2, -0.15) is 72.8 Å². The van der Waals surface area contributed by atoms with E-state index in [9.17, 15) is 4.79 Å². The second-order valence-electron chi connectivity index (χ2n) is 15.3. The molecule has 0 unspecified atom stereocenters. The van der Waals surface area contributed by atoms with Gasteiger partial charge in [-0.1, -0.05) is 125 Å². The number of carbonyl (C=O) groups excluding carboxylic acids is 1. The summed E-state index contributed by atoms with van der Waals surface area (Å²) >= 11 is 7.31. The van der Waals surface area contributed by atoms with Crippen LogP contribution >= 0.6 is 31.9 Å². The van der Waals surface area contributed by atoms with Crippen LogP contribution in [0, 0.1) is 59.7 Å². The van der Waals surface area contributed by atoms with E-state index in [1.165, 1.54) is 94.0 Å². The summed E-state index contributed by atoms with van der Waals surface area (Å²) in [4.78, 5) is 17.5. The molecule has 9 rings (SSSR count). The van der Waals surface area contributed by atoms with Gasteiger partial charge in [0, 0.05) is 139 Å². The Balaban J connectivity index is -0.000000281. The molecule has 0 aromatic heterocycles. The van der Waals surface area contributed by atoms with E-state index >= 15 is 0 Å². The molecule has 6 aromatic rings. The molecule has 3 aliphatic heterocycles. The number of halogens is 3. The summed E-state index contributed by atoms with van der Waals surface area (Å²) in [7, 11) is 0. The number of fused-ring (bicyclic) bond motifs is 6. The normalized spacial score (nSPS) is 10.8. The molecule has 0 spiro atoms. The van der Waals surface area contributed by atoms with Crippen molar-refractivity contribution >= 4 is 72.5 Å². The van der Waals surface area contributed by atoms with Crippen molar-refractivity contribution in [2.75, 3.05) is 34.5 Å². The first kappa shape index (κ1) is 75.9. The number of nitrogens with zero attached hydrogens (tertiary/aromatic N) is 3. The van der Waals surface area contributed by atoms with Gasteiger partial charge in [0.15, 0.2) is 6.73 Å². The number of benzene rings is 6. The van der Waals surface area contributed by atoms with Crippen molar-refractivity contribution in [1.82, 2.24) is 0 Å². The summed E-state index contributed by atoms with van der Waals surface area (Å²) in [5.41, 5.74) is 23.6. The average Bonchev–Trinajstić information content (AvgIpc) is 3.33. The average molecular weight is 1320 g/mol. The van der Waals surface area contributed by atoms with Gasteiger partial charge in [0.1, 0.15) is 0 Å². The molecule has 11 heteroatoms. The van der Waals surface area contributed by atoms with E-state index in [4.69, 9.17) is 4.74 Å². The monoisotopic (exact) mass is 1320 g/mol. The molecule has 0 fully saturated rings. The van der Waals surface area contributed by atoms with Crippen LogP contribution < -0.4 is 14.7 Å². The SMILES string of the molecule is C.C.C.CC.CC.CC.CCN1c2c[c-]ccc2Cc2cc(Br)c(C)c(C)c21.CCN1c2c[c-]ccc2Cc2ccc(C)c(C)c21.Cc1c(Br)cc2c(c1C)N(COC=O)c1c[c-]ccc1C2.F.[HH].[Y].[Y].[Y]. The summed E-state index contributed by atoms with van der Waals surface area (Å²) in [6.45, 7) is 32.1. The maximum absolute atomic E-state index is 10.6. The molecular weight excluding hydrogens is 1240 g/mol. The fourth-order valence-corrected chi connectivity index (χ4v) is 9.83. The third kappa shape index (κ3) is 17.2. The van der Waals surface area contributed by atoms with Crippen molar-refractivity contribution in [2.24, 2.45) is 0 Å². The number of ether oxygens (including phenoxy) is 1. The van der Waals surface area contributed by atoms with Crippen molar-refractivity contribution in [2.45, 2.75) is 138 Å². The van der Waals surface area contributed by atoms with Crippen molar-refractivity contribution in [3.63, 3.8) is 0 Å². The van der Waals surface area contributed by atoms with Crippen molar-refractivity contribution in [1.29, 1.82) is 0 Å². The van der Waals surface area contributed by atoms with E-state index < -0.39 is 0 Å². The summed E-state index contributed by atoms with van der Waals surface area (Å²) in [6, 6.07) is 37.0. The quantitative estimate of drug-likeness (QED) is 0.127. The zero-order chi connectivity index (χ0) is 47.2. The Bertz CT molecular complexity index is 2540. The molecule has 0 aliphatic carbocycles. The van der Waals surface area contributed by atoms with E-state index in [2.05, 4.69) is 170 Å². The molecule has 383 valence electrons. The predicted octanol–water partition coefficient (Wildman–Crippen LogP) is 18.5. The molecule has 0 atom stereocenters. The molecular formula is C60H83Br2FN3O2Y3-3. The maximum Gasteiger partial charge on any atom is 0.294 e. The number of hydrogen-bond acceptors (Lipinski definition) is 5. The molecule has 0 bridgehead atoms. The Kier molecular flexibility index (Phi) is 39.8. The van der Waals surface area contributed by atoms with Crippen LogP contribution in [0.2, 0.25) is 0 Å². The van der Waals surface area contributed by atoms with Crippen LogP contribution in [-0.2, 0) is 127 Å². The van der Waals surface area contributed by atoms with E-state index in [1.807, 2.05) is 70.7 Å². The smallest absolute Gasteiger partial charge is 0.294 e. The van der Waals surface area contributed by atoms with Gasteiger partial charge in [-0.15, -0.1) is 16.7 Å². The van der Waals surface area contributed by atoms with Crippen LogP contribution in [0.4, 0.5) is 38.8 Å². The van der Waals surface area contributed by atoms with Gasteiger partial charge in [0.25, 0.3) is 6.47 Å². The Hall–Kier alpha value is -1.61. The zero-order valence-electron chi connectivity index (χ0n) is 42.9. The number of rotatable bonds is 5. The van der Waals surface area contributed by atoms with Crippen molar-refractivity contribution < 1.29 is 114 Å². The number of hydrogen-bond donors (Lipinski definition) is 0. The standard InChI is InChI=1S/C17H15BrNO2.C17H17BrN.C17H18N.3C2H6.3CH4.FH.3Y.H2/c1-11-12(2)17-14(8-15(11)18)7-13-5-3-4-6-16(13)19(17)9-21-10-20;1-4-19-16-8-6-5-7-13(16)9-14-10-15(18)11(2)12(3)17(14)19;1-4-18-16-8-6-5-7-14(16)11-15-10-9-12(2)13(3)17(15)18;3*1-2;;;;;;;;/h3,5-6,8,10H,7,9H2,1-2H3;5,7-8,10H,4,9H2,1-3H3;5,7-10H,4,11H2,1-3H3;3*1-2H3;3*1H4;1H;;;;1H/q3*-1;;;;;;;;;;;. The fourth-order valence-electron chi connectivity index (χ4n) is 8.69. The second-order valence-corrected chi connectivity index (χ2v) is 17.0. The van der Waals surface area contributed by atoms with Gasteiger partial charge < -0.3 is 19.4 Å². The fraction of sp³-hybridized carbons (Fsp3) is 0.383. The molecule has 0 amide bonds. The molecule has 0 N–H and O–H groups in total. The molecule has 0 saturated carbocycles. The Morgan fingerprint density at radius 1 is 0.521 bits per heavy atom.